The summed E-state index contributed by atoms with van der Waals surface area (Å²) in [5.41, 5.74) is 1.85. The van der Waals surface area contributed by atoms with Crippen molar-refractivity contribution in [1.82, 2.24) is 9.55 Å². The fourth-order valence-corrected chi connectivity index (χ4v) is 4.85. The van der Waals surface area contributed by atoms with Crippen LogP contribution >= 0.6 is 34.5 Å². The monoisotopic (exact) mass is 479 g/mol. The van der Waals surface area contributed by atoms with E-state index in [-0.39, 0.29) is 17.1 Å². The molecule has 1 N–H and O–H groups in total. The summed E-state index contributed by atoms with van der Waals surface area (Å²) in [6.07, 6.45) is 1.39. The average Bonchev–Trinajstić information content (AvgIpc) is 3.23. The summed E-state index contributed by atoms with van der Waals surface area (Å²) in [6.45, 7) is -0.197. The summed E-state index contributed by atoms with van der Waals surface area (Å²) in [5.74, 6) is -0.403. The Morgan fingerprint density at radius 1 is 1.03 bits per heavy atom. The van der Waals surface area contributed by atoms with Gasteiger partial charge in [0, 0.05) is 10.9 Å². The molecule has 0 aliphatic heterocycles. The van der Waals surface area contributed by atoms with Crippen molar-refractivity contribution in [2.75, 3.05) is 5.32 Å². The lowest BCUT2D eigenvalue weighted by Crippen LogP contribution is -2.27. The molecule has 0 aliphatic carbocycles. The number of carbonyl (C=O) groups excluding carboxylic acids is 1. The zero-order valence-corrected chi connectivity index (χ0v) is 18.8. The van der Waals surface area contributed by atoms with Crippen LogP contribution in [0.2, 0.25) is 10.0 Å². The minimum absolute atomic E-state index is 0.197. The summed E-state index contributed by atoms with van der Waals surface area (Å²) in [4.78, 5) is 30.9. The molecule has 2 aromatic heterocycles. The smallest absolute Gasteiger partial charge is 0.263 e. The fraction of sp³-hybridized carbons (Fsp3) is 0.0417. The summed E-state index contributed by atoms with van der Waals surface area (Å²) < 4.78 is 1.30. The molecule has 0 spiro atoms. The van der Waals surface area contributed by atoms with Gasteiger partial charge in [0.25, 0.3) is 5.56 Å². The highest BCUT2D eigenvalue weighted by Crippen LogP contribution is 2.32. The number of fused-ring (bicyclic) bond motifs is 2. The van der Waals surface area contributed by atoms with Gasteiger partial charge in [-0.15, -0.1) is 11.3 Å². The van der Waals surface area contributed by atoms with Gasteiger partial charge in [-0.05, 0) is 34.5 Å². The van der Waals surface area contributed by atoms with Gasteiger partial charge in [0.15, 0.2) is 0 Å². The molecule has 0 saturated heterocycles. The summed E-state index contributed by atoms with van der Waals surface area (Å²) in [7, 11) is 0. The first-order valence-corrected chi connectivity index (χ1v) is 11.3. The number of thiophene rings is 1. The minimum atomic E-state index is -0.403. The van der Waals surface area contributed by atoms with Gasteiger partial charge in [-0.25, -0.2) is 4.98 Å². The Balaban J connectivity index is 1.50. The van der Waals surface area contributed by atoms with Gasteiger partial charge in [0.2, 0.25) is 5.91 Å². The molecule has 3 aromatic carbocycles. The van der Waals surface area contributed by atoms with Crippen molar-refractivity contribution in [1.29, 1.82) is 0 Å². The summed E-state index contributed by atoms with van der Waals surface area (Å²) >= 11 is 13.5. The summed E-state index contributed by atoms with van der Waals surface area (Å²) in [5, 5.41) is 7.93. The first kappa shape index (κ1) is 20.7. The third-order valence-corrected chi connectivity index (χ3v) is 6.87. The largest absolute Gasteiger partial charge is 0.323 e. The molecule has 2 heterocycles. The third kappa shape index (κ3) is 3.77. The van der Waals surface area contributed by atoms with Crippen molar-refractivity contribution in [2.24, 2.45) is 0 Å². The van der Waals surface area contributed by atoms with Gasteiger partial charge in [-0.2, -0.15) is 0 Å². The van der Waals surface area contributed by atoms with Crippen LogP contribution in [0.5, 0.6) is 0 Å². The molecule has 0 saturated carbocycles. The van der Waals surface area contributed by atoms with Gasteiger partial charge >= 0.3 is 0 Å². The van der Waals surface area contributed by atoms with Gasteiger partial charge in [0.1, 0.15) is 11.4 Å². The van der Waals surface area contributed by atoms with E-state index < -0.39 is 5.91 Å². The van der Waals surface area contributed by atoms with Crippen LogP contribution in [-0.4, -0.2) is 15.5 Å². The number of rotatable bonds is 4. The van der Waals surface area contributed by atoms with E-state index in [4.69, 9.17) is 23.2 Å². The van der Waals surface area contributed by atoms with E-state index in [9.17, 15) is 9.59 Å². The Morgan fingerprint density at radius 2 is 1.84 bits per heavy atom. The second-order valence-corrected chi connectivity index (χ2v) is 8.86. The van der Waals surface area contributed by atoms with E-state index in [0.29, 0.717) is 20.9 Å². The number of halogens is 2. The molecule has 1 amide bonds. The van der Waals surface area contributed by atoms with E-state index in [2.05, 4.69) is 16.4 Å². The van der Waals surface area contributed by atoms with Crippen molar-refractivity contribution in [3.63, 3.8) is 0 Å². The third-order valence-electron chi connectivity index (χ3n) is 5.16. The lowest BCUT2D eigenvalue weighted by atomic mass is 10.0. The number of benzene rings is 3. The Morgan fingerprint density at radius 3 is 2.69 bits per heavy atom. The number of amides is 1. The highest BCUT2D eigenvalue weighted by atomic mass is 35.5. The van der Waals surface area contributed by atoms with Crippen molar-refractivity contribution in [3.8, 4) is 11.1 Å². The predicted molar refractivity (Wildman–Crippen MR) is 132 cm³/mol. The van der Waals surface area contributed by atoms with Gasteiger partial charge < -0.3 is 5.32 Å². The zero-order valence-electron chi connectivity index (χ0n) is 16.5. The molecule has 5 aromatic rings. The van der Waals surface area contributed by atoms with E-state index in [1.807, 2.05) is 41.8 Å². The average molecular weight is 480 g/mol. The van der Waals surface area contributed by atoms with Crippen LogP contribution < -0.4 is 10.9 Å². The van der Waals surface area contributed by atoms with Gasteiger partial charge in [-0.3, -0.25) is 14.2 Å². The molecular weight excluding hydrogens is 465 g/mol. The van der Waals surface area contributed by atoms with Gasteiger partial charge in [-0.1, -0.05) is 65.7 Å². The highest BCUT2D eigenvalue weighted by molar-refractivity contribution is 7.17. The molecular formula is C24H15Cl2N3O2S. The van der Waals surface area contributed by atoms with Crippen LogP contribution in [0.25, 0.3) is 32.1 Å². The molecule has 32 heavy (non-hydrogen) atoms. The second kappa shape index (κ2) is 8.39. The van der Waals surface area contributed by atoms with Crippen molar-refractivity contribution < 1.29 is 4.79 Å². The minimum Gasteiger partial charge on any atom is -0.323 e. The number of hydrogen-bond donors (Lipinski definition) is 1. The zero-order chi connectivity index (χ0) is 22.2. The Bertz CT molecular complexity index is 1560. The van der Waals surface area contributed by atoms with Crippen LogP contribution in [0.4, 0.5) is 5.69 Å². The Labute approximate surface area is 196 Å². The molecule has 5 rings (SSSR count). The SMILES string of the molecule is O=C(Cn1cnc2scc(-c3ccc4ccccc4c3)c2c1=O)Nc1cccc(Cl)c1Cl. The van der Waals surface area contributed by atoms with Crippen LogP contribution in [0.3, 0.4) is 0 Å². The number of nitrogens with one attached hydrogen (secondary N) is 1. The lowest BCUT2D eigenvalue weighted by molar-refractivity contribution is -0.116. The maximum absolute atomic E-state index is 13.3. The maximum atomic E-state index is 13.3. The quantitative estimate of drug-likeness (QED) is 0.332. The van der Waals surface area contributed by atoms with E-state index in [1.54, 1.807) is 18.2 Å². The Hall–Kier alpha value is -3.19. The van der Waals surface area contributed by atoms with Crippen LogP contribution in [0.1, 0.15) is 0 Å². The van der Waals surface area contributed by atoms with Crippen molar-refractivity contribution >= 4 is 67.1 Å². The number of anilines is 1. The molecule has 0 bridgehead atoms. The number of nitrogens with zero attached hydrogens (tertiary/aromatic N) is 2. The first-order chi connectivity index (χ1) is 15.5. The molecule has 0 unspecified atom stereocenters. The first-order valence-electron chi connectivity index (χ1n) is 9.71. The second-order valence-electron chi connectivity index (χ2n) is 7.22. The standard InChI is InChI=1S/C24H15Cl2N3O2S/c25-18-6-3-7-19(22(18)26)28-20(30)11-29-13-27-23-21(24(29)31)17(12-32-23)16-9-8-14-4-1-2-5-15(14)10-16/h1-10,12-13H,11H2,(H,28,30). The molecule has 158 valence electrons. The van der Waals surface area contributed by atoms with Crippen LogP contribution in [0, 0.1) is 0 Å². The lowest BCUT2D eigenvalue weighted by Gasteiger charge is -2.10. The van der Waals surface area contributed by atoms with E-state index in [0.717, 1.165) is 21.9 Å². The van der Waals surface area contributed by atoms with Crippen molar-refractivity contribution in [3.05, 3.63) is 92.8 Å². The molecule has 0 atom stereocenters. The molecule has 0 fully saturated rings. The predicted octanol–water partition coefficient (Wildman–Crippen LogP) is 6.22. The normalized spacial score (nSPS) is 11.2. The van der Waals surface area contributed by atoms with Crippen LogP contribution in [-0.2, 0) is 11.3 Å². The molecule has 5 nitrogen and oxygen atoms in total. The Kier molecular flexibility index (Phi) is 5.43. The number of carbonyl (C=O) groups is 1. The fourth-order valence-electron chi connectivity index (χ4n) is 3.59. The number of aromatic nitrogens is 2. The topological polar surface area (TPSA) is 64.0 Å². The van der Waals surface area contributed by atoms with Crippen LogP contribution in [0.15, 0.2) is 77.2 Å². The van der Waals surface area contributed by atoms with Crippen molar-refractivity contribution in [2.45, 2.75) is 6.54 Å². The van der Waals surface area contributed by atoms with E-state index >= 15 is 0 Å². The molecule has 0 aliphatic rings. The highest BCUT2D eigenvalue weighted by Gasteiger charge is 2.16. The maximum Gasteiger partial charge on any atom is 0.263 e. The van der Waals surface area contributed by atoms with Gasteiger partial charge in [0.05, 0.1) is 27.4 Å². The van der Waals surface area contributed by atoms with E-state index in [1.165, 1.54) is 22.2 Å². The molecule has 0 radical (unpaired) electrons. The molecule has 8 heteroatoms. The number of hydrogen-bond acceptors (Lipinski definition) is 4. The summed E-state index contributed by atoms with van der Waals surface area (Å²) in [6, 6.07) is 19.1.